The molecule has 1 aromatic rings. The molecule has 0 unspecified atom stereocenters. The van der Waals surface area contributed by atoms with Crippen molar-refractivity contribution in [1.82, 2.24) is 0 Å². The Balaban J connectivity index is 3.34. The molecule has 0 N–H and O–H groups in total. The van der Waals surface area contributed by atoms with Gasteiger partial charge in [-0.3, -0.25) is 0 Å². The van der Waals surface area contributed by atoms with Crippen LogP contribution in [-0.4, -0.2) is 18.9 Å². The maximum Gasteiger partial charge on any atom is 0.573 e. The summed E-state index contributed by atoms with van der Waals surface area (Å²) >= 11 is 0. The Kier molecular flexibility index (Phi) is 4.97. The Morgan fingerprint density at radius 1 is 1.35 bits per heavy atom. The highest BCUT2D eigenvalue weighted by molar-refractivity contribution is 5.93. The fraction of sp³-hybridized carbons (Fsp3) is 0.385. The van der Waals surface area contributed by atoms with Gasteiger partial charge in [0.2, 0.25) is 0 Å². The number of nitriles is 1. The lowest BCUT2D eigenvalue weighted by atomic mass is 10.0. The monoisotopic (exact) mass is 287 g/mol. The van der Waals surface area contributed by atoms with Gasteiger partial charge in [-0.2, -0.15) is 5.26 Å². The summed E-state index contributed by atoms with van der Waals surface area (Å²) in [6, 6.07) is 3.86. The van der Waals surface area contributed by atoms with Gasteiger partial charge in [0, 0.05) is 0 Å². The van der Waals surface area contributed by atoms with Gasteiger partial charge in [0.25, 0.3) is 0 Å². The van der Waals surface area contributed by atoms with Crippen LogP contribution in [0.1, 0.15) is 35.3 Å². The van der Waals surface area contributed by atoms with Crippen LogP contribution in [0.2, 0.25) is 0 Å². The minimum absolute atomic E-state index is 0.0465. The van der Waals surface area contributed by atoms with Gasteiger partial charge in [0.05, 0.1) is 17.7 Å². The van der Waals surface area contributed by atoms with E-state index in [0.29, 0.717) is 0 Å². The maximum absolute atomic E-state index is 12.3. The Labute approximate surface area is 113 Å². The molecule has 0 radical (unpaired) electrons. The van der Waals surface area contributed by atoms with Crippen LogP contribution in [0.4, 0.5) is 13.2 Å². The smallest absolute Gasteiger partial charge is 0.462 e. The van der Waals surface area contributed by atoms with Gasteiger partial charge >= 0.3 is 12.3 Å². The minimum Gasteiger partial charge on any atom is -0.462 e. The van der Waals surface area contributed by atoms with E-state index >= 15 is 0 Å². The lowest BCUT2D eigenvalue weighted by Crippen LogP contribution is -2.19. The van der Waals surface area contributed by atoms with Gasteiger partial charge in [-0.25, -0.2) is 4.79 Å². The van der Waals surface area contributed by atoms with Crippen LogP contribution in [0, 0.1) is 11.3 Å². The lowest BCUT2D eigenvalue weighted by Gasteiger charge is -2.14. The van der Waals surface area contributed by atoms with Crippen LogP contribution in [0.5, 0.6) is 5.75 Å². The zero-order valence-corrected chi connectivity index (χ0v) is 10.9. The second kappa shape index (κ2) is 6.28. The third-order valence-corrected chi connectivity index (χ3v) is 2.42. The number of carbonyl (C=O) groups excluding carboxylic acids is 1. The Morgan fingerprint density at radius 2 is 2.00 bits per heavy atom. The van der Waals surface area contributed by atoms with E-state index in [1.807, 2.05) is 0 Å². The van der Waals surface area contributed by atoms with E-state index in [2.05, 4.69) is 4.74 Å². The van der Waals surface area contributed by atoms with E-state index in [1.54, 1.807) is 19.9 Å². The molecule has 7 heteroatoms. The van der Waals surface area contributed by atoms with Crippen molar-refractivity contribution in [2.45, 2.75) is 26.6 Å². The van der Waals surface area contributed by atoms with Gasteiger partial charge in [-0.15, -0.1) is 13.2 Å². The summed E-state index contributed by atoms with van der Waals surface area (Å²) in [5.41, 5.74) is -0.104. The Morgan fingerprint density at radius 3 is 2.45 bits per heavy atom. The van der Waals surface area contributed by atoms with Crippen molar-refractivity contribution < 1.29 is 27.4 Å². The SMILES string of the molecule is CCOC(=O)c1cc(OC(F)(F)F)c(CC)cc1C#N. The number of benzene rings is 1. The Hall–Kier alpha value is -2.23. The summed E-state index contributed by atoms with van der Waals surface area (Å²) in [5.74, 6) is -1.36. The molecule has 20 heavy (non-hydrogen) atoms. The van der Waals surface area contributed by atoms with Crippen molar-refractivity contribution in [2.24, 2.45) is 0 Å². The summed E-state index contributed by atoms with van der Waals surface area (Å²) in [4.78, 5) is 11.6. The van der Waals surface area contributed by atoms with E-state index in [-0.39, 0.29) is 29.7 Å². The average molecular weight is 287 g/mol. The van der Waals surface area contributed by atoms with Gasteiger partial charge in [-0.05, 0) is 31.0 Å². The molecule has 0 fully saturated rings. The van der Waals surface area contributed by atoms with E-state index < -0.39 is 18.1 Å². The standard InChI is InChI=1S/C13H12F3NO3/c1-3-8-5-9(7-17)10(12(18)19-4-2)6-11(8)20-13(14,15)16/h5-6H,3-4H2,1-2H3. The highest BCUT2D eigenvalue weighted by Crippen LogP contribution is 2.30. The third kappa shape index (κ3) is 3.88. The number of esters is 1. The summed E-state index contributed by atoms with van der Waals surface area (Å²) in [7, 11) is 0. The van der Waals surface area contributed by atoms with Gasteiger partial charge in [0.1, 0.15) is 11.8 Å². The summed E-state index contributed by atoms with van der Waals surface area (Å²) in [5, 5.41) is 8.96. The van der Waals surface area contributed by atoms with Crippen molar-refractivity contribution in [3.63, 3.8) is 0 Å². The summed E-state index contributed by atoms with van der Waals surface area (Å²) in [6.07, 6.45) is -4.65. The molecule has 0 aliphatic rings. The number of nitrogens with zero attached hydrogens (tertiary/aromatic N) is 1. The molecule has 0 aromatic heterocycles. The molecule has 4 nitrogen and oxygen atoms in total. The molecule has 1 rings (SSSR count). The number of ether oxygens (including phenoxy) is 2. The normalized spacial score (nSPS) is 10.8. The molecule has 0 saturated carbocycles. The number of aryl methyl sites for hydroxylation is 1. The first kappa shape index (κ1) is 15.8. The van der Waals surface area contributed by atoms with Crippen molar-refractivity contribution >= 4 is 5.97 Å². The molecule has 0 amide bonds. The molecule has 0 bridgehead atoms. The zero-order chi connectivity index (χ0) is 15.3. The lowest BCUT2D eigenvalue weighted by molar-refractivity contribution is -0.274. The van der Waals surface area contributed by atoms with Crippen LogP contribution in [0.3, 0.4) is 0 Å². The number of hydrogen-bond acceptors (Lipinski definition) is 4. The first-order valence-electron chi connectivity index (χ1n) is 5.82. The van der Waals surface area contributed by atoms with E-state index in [1.165, 1.54) is 6.07 Å². The molecule has 1 aromatic carbocycles. The highest BCUT2D eigenvalue weighted by Gasteiger charge is 2.32. The largest absolute Gasteiger partial charge is 0.573 e. The first-order valence-corrected chi connectivity index (χ1v) is 5.82. The second-order valence-electron chi connectivity index (χ2n) is 3.74. The van der Waals surface area contributed by atoms with Crippen LogP contribution in [0.15, 0.2) is 12.1 Å². The molecule has 0 atom stereocenters. The third-order valence-electron chi connectivity index (χ3n) is 2.42. The summed E-state index contributed by atoms with van der Waals surface area (Å²) < 4.78 is 45.5. The summed E-state index contributed by atoms with van der Waals surface area (Å²) in [6.45, 7) is 3.22. The molecule has 0 aliphatic heterocycles. The van der Waals surface area contributed by atoms with Gasteiger partial charge in [-0.1, -0.05) is 6.92 Å². The van der Waals surface area contributed by atoms with Crippen molar-refractivity contribution in [3.05, 3.63) is 28.8 Å². The number of alkyl halides is 3. The molecule has 108 valence electrons. The zero-order valence-electron chi connectivity index (χ0n) is 10.9. The molecular weight excluding hydrogens is 275 g/mol. The minimum atomic E-state index is -4.87. The Bertz CT molecular complexity index is 547. The van der Waals surface area contributed by atoms with Crippen LogP contribution < -0.4 is 4.74 Å². The van der Waals surface area contributed by atoms with Crippen molar-refractivity contribution in [1.29, 1.82) is 5.26 Å². The van der Waals surface area contributed by atoms with Gasteiger partial charge < -0.3 is 9.47 Å². The number of rotatable bonds is 4. The van der Waals surface area contributed by atoms with Crippen LogP contribution in [-0.2, 0) is 11.2 Å². The number of halogens is 3. The van der Waals surface area contributed by atoms with Crippen LogP contribution >= 0.6 is 0 Å². The number of carbonyl (C=O) groups is 1. The topological polar surface area (TPSA) is 59.3 Å². The second-order valence-corrected chi connectivity index (χ2v) is 3.74. The predicted octanol–water partition coefficient (Wildman–Crippen LogP) is 3.20. The quantitative estimate of drug-likeness (QED) is 0.798. The fourth-order valence-corrected chi connectivity index (χ4v) is 1.59. The maximum atomic E-state index is 12.3. The van der Waals surface area contributed by atoms with Gasteiger partial charge in [0.15, 0.2) is 0 Å². The first-order chi connectivity index (χ1) is 9.32. The molecular formula is C13H12F3NO3. The highest BCUT2D eigenvalue weighted by atomic mass is 19.4. The van der Waals surface area contributed by atoms with E-state index in [4.69, 9.17) is 10.00 Å². The van der Waals surface area contributed by atoms with E-state index in [9.17, 15) is 18.0 Å². The molecule has 0 spiro atoms. The van der Waals surface area contributed by atoms with Crippen molar-refractivity contribution in [2.75, 3.05) is 6.61 Å². The number of hydrogen-bond donors (Lipinski definition) is 0. The van der Waals surface area contributed by atoms with E-state index in [0.717, 1.165) is 6.07 Å². The predicted molar refractivity (Wildman–Crippen MR) is 63.2 cm³/mol. The van der Waals surface area contributed by atoms with Crippen LogP contribution in [0.25, 0.3) is 0 Å². The molecule has 0 aliphatic carbocycles. The fourth-order valence-electron chi connectivity index (χ4n) is 1.59. The molecule has 0 heterocycles. The average Bonchev–Trinajstić information content (AvgIpc) is 2.36. The molecule has 0 saturated heterocycles. The van der Waals surface area contributed by atoms with Crippen molar-refractivity contribution in [3.8, 4) is 11.8 Å².